The zero-order valence-corrected chi connectivity index (χ0v) is 7.53. The van der Waals surface area contributed by atoms with Crippen LogP contribution in [-0.2, 0) is 16.1 Å². The van der Waals surface area contributed by atoms with E-state index in [1.807, 2.05) is 31.2 Å². The molecule has 0 heterocycles. The Morgan fingerprint density at radius 2 is 2.31 bits per heavy atom. The summed E-state index contributed by atoms with van der Waals surface area (Å²) in [7, 11) is 0. The van der Waals surface area contributed by atoms with Gasteiger partial charge in [0.05, 0.1) is 6.61 Å². The molecule has 0 aromatic heterocycles. The molecule has 13 heavy (non-hydrogen) atoms. The Kier molecular flexibility index (Phi) is 3.82. The monoisotopic (exact) mass is 180 g/mol. The van der Waals surface area contributed by atoms with Crippen LogP contribution in [0.1, 0.15) is 12.5 Å². The first-order chi connectivity index (χ1) is 6.36. The molecule has 0 amide bonds. The van der Waals surface area contributed by atoms with Gasteiger partial charge >= 0.3 is 0 Å². The van der Waals surface area contributed by atoms with Gasteiger partial charge in [-0.3, -0.25) is 4.79 Å². The van der Waals surface area contributed by atoms with E-state index in [0.29, 0.717) is 19.7 Å². The average molecular weight is 180 g/mol. The van der Waals surface area contributed by atoms with Crippen molar-refractivity contribution in [3.8, 4) is 5.75 Å². The van der Waals surface area contributed by atoms with E-state index in [9.17, 15) is 4.79 Å². The van der Waals surface area contributed by atoms with E-state index in [2.05, 4.69) is 4.74 Å². The third-order valence-corrected chi connectivity index (χ3v) is 1.53. The molecule has 0 spiro atoms. The van der Waals surface area contributed by atoms with Crippen LogP contribution in [0.15, 0.2) is 24.3 Å². The molecule has 0 aliphatic heterocycles. The van der Waals surface area contributed by atoms with Crippen molar-refractivity contribution >= 4 is 6.47 Å². The number of hydrogen-bond donors (Lipinski definition) is 0. The van der Waals surface area contributed by atoms with Crippen LogP contribution in [0.4, 0.5) is 0 Å². The number of rotatable bonds is 5. The third kappa shape index (κ3) is 3.15. The van der Waals surface area contributed by atoms with Crippen LogP contribution in [0.3, 0.4) is 0 Å². The summed E-state index contributed by atoms with van der Waals surface area (Å²) in [6.45, 7) is 3.30. The zero-order valence-electron chi connectivity index (χ0n) is 7.53. The summed E-state index contributed by atoms with van der Waals surface area (Å²) in [4.78, 5) is 9.94. The Balaban J connectivity index is 2.61. The predicted octanol–water partition coefficient (Wildman–Crippen LogP) is 1.76. The highest BCUT2D eigenvalue weighted by Gasteiger charge is 1.95. The minimum atomic E-state index is 0.296. The average Bonchev–Trinajstić information content (AvgIpc) is 2.16. The molecular formula is C10H12O3. The van der Waals surface area contributed by atoms with Gasteiger partial charge in [-0.15, -0.1) is 0 Å². The van der Waals surface area contributed by atoms with E-state index in [-0.39, 0.29) is 0 Å². The molecule has 0 saturated heterocycles. The zero-order chi connectivity index (χ0) is 9.52. The highest BCUT2D eigenvalue weighted by Crippen LogP contribution is 2.13. The Bertz CT molecular complexity index is 271. The normalized spacial score (nSPS) is 9.31. The van der Waals surface area contributed by atoms with E-state index in [1.165, 1.54) is 0 Å². The topological polar surface area (TPSA) is 35.5 Å². The molecule has 0 atom stereocenters. The summed E-state index contributed by atoms with van der Waals surface area (Å²) < 4.78 is 9.90. The predicted molar refractivity (Wildman–Crippen MR) is 48.5 cm³/mol. The Morgan fingerprint density at radius 1 is 1.46 bits per heavy atom. The van der Waals surface area contributed by atoms with Crippen molar-refractivity contribution < 1.29 is 14.3 Å². The number of ether oxygens (including phenoxy) is 2. The van der Waals surface area contributed by atoms with E-state index >= 15 is 0 Å². The second-order valence-electron chi connectivity index (χ2n) is 2.49. The Morgan fingerprint density at radius 3 is 3.00 bits per heavy atom. The molecule has 0 aliphatic rings. The summed E-state index contributed by atoms with van der Waals surface area (Å²) >= 11 is 0. The standard InChI is InChI=1S/C10H12O3/c1-2-13-10-5-3-4-9(6-10)7-12-8-11/h3-6,8H,2,7H2,1H3. The fraction of sp³-hybridized carbons (Fsp3) is 0.300. The van der Waals surface area contributed by atoms with Gasteiger partial charge in [0.2, 0.25) is 0 Å². The Labute approximate surface area is 77.3 Å². The highest BCUT2D eigenvalue weighted by molar-refractivity contribution is 5.38. The van der Waals surface area contributed by atoms with Gasteiger partial charge in [-0.25, -0.2) is 0 Å². The lowest BCUT2D eigenvalue weighted by Crippen LogP contribution is -1.94. The van der Waals surface area contributed by atoms with Crippen LogP contribution in [0, 0.1) is 0 Å². The van der Waals surface area contributed by atoms with Crippen molar-refractivity contribution in [2.75, 3.05) is 6.61 Å². The van der Waals surface area contributed by atoms with E-state index in [0.717, 1.165) is 11.3 Å². The van der Waals surface area contributed by atoms with Gasteiger partial charge in [-0.2, -0.15) is 0 Å². The number of carbonyl (C=O) groups is 1. The maximum Gasteiger partial charge on any atom is 0.293 e. The summed E-state index contributed by atoms with van der Waals surface area (Å²) in [5.74, 6) is 0.800. The van der Waals surface area contributed by atoms with Crippen molar-refractivity contribution in [2.45, 2.75) is 13.5 Å². The SMILES string of the molecule is CCOc1cccc(COC=O)c1. The lowest BCUT2D eigenvalue weighted by atomic mass is 10.2. The largest absolute Gasteiger partial charge is 0.494 e. The quantitative estimate of drug-likeness (QED) is 0.648. The third-order valence-electron chi connectivity index (χ3n) is 1.53. The molecule has 0 radical (unpaired) electrons. The molecule has 0 bridgehead atoms. The number of benzene rings is 1. The van der Waals surface area contributed by atoms with Gasteiger partial charge < -0.3 is 9.47 Å². The Hall–Kier alpha value is -1.51. The first kappa shape index (κ1) is 9.58. The maximum atomic E-state index is 9.94. The minimum Gasteiger partial charge on any atom is -0.494 e. The van der Waals surface area contributed by atoms with Gasteiger partial charge in [-0.05, 0) is 24.6 Å². The van der Waals surface area contributed by atoms with E-state index in [4.69, 9.17) is 4.74 Å². The minimum absolute atomic E-state index is 0.296. The van der Waals surface area contributed by atoms with Gasteiger partial charge in [0.15, 0.2) is 0 Å². The summed E-state index contributed by atoms with van der Waals surface area (Å²) in [5, 5.41) is 0. The molecule has 70 valence electrons. The lowest BCUT2D eigenvalue weighted by molar-refractivity contribution is -0.129. The van der Waals surface area contributed by atoms with Crippen LogP contribution in [0.25, 0.3) is 0 Å². The van der Waals surface area contributed by atoms with Gasteiger partial charge in [-0.1, -0.05) is 12.1 Å². The van der Waals surface area contributed by atoms with Crippen LogP contribution >= 0.6 is 0 Å². The molecular weight excluding hydrogens is 168 g/mol. The molecule has 0 fully saturated rings. The van der Waals surface area contributed by atoms with Crippen molar-refractivity contribution in [2.24, 2.45) is 0 Å². The molecule has 3 heteroatoms. The molecule has 0 unspecified atom stereocenters. The van der Waals surface area contributed by atoms with E-state index in [1.54, 1.807) is 0 Å². The smallest absolute Gasteiger partial charge is 0.293 e. The molecule has 0 N–H and O–H groups in total. The van der Waals surface area contributed by atoms with Gasteiger partial charge in [0.1, 0.15) is 12.4 Å². The fourth-order valence-corrected chi connectivity index (χ4v) is 1.02. The summed E-state index contributed by atoms with van der Waals surface area (Å²) in [6, 6.07) is 7.47. The summed E-state index contributed by atoms with van der Waals surface area (Å²) in [5.41, 5.74) is 0.929. The molecule has 0 aliphatic carbocycles. The van der Waals surface area contributed by atoms with Crippen molar-refractivity contribution in [1.29, 1.82) is 0 Å². The molecule has 3 nitrogen and oxygen atoms in total. The van der Waals surface area contributed by atoms with Crippen LogP contribution in [0.2, 0.25) is 0 Å². The second kappa shape index (κ2) is 5.19. The van der Waals surface area contributed by atoms with Crippen molar-refractivity contribution in [3.05, 3.63) is 29.8 Å². The van der Waals surface area contributed by atoms with Gasteiger partial charge in [0, 0.05) is 0 Å². The highest BCUT2D eigenvalue weighted by atomic mass is 16.5. The van der Waals surface area contributed by atoms with Gasteiger partial charge in [0.25, 0.3) is 6.47 Å². The lowest BCUT2D eigenvalue weighted by Gasteiger charge is -2.04. The maximum absolute atomic E-state index is 9.94. The van der Waals surface area contributed by atoms with E-state index < -0.39 is 0 Å². The summed E-state index contributed by atoms with van der Waals surface area (Å²) in [6.07, 6.45) is 0. The number of hydrogen-bond acceptors (Lipinski definition) is 3. The van der Waals surface area contributed by atoms with Crippen LogP contribution < -0.4 is 4.74 Å². The molecule has 0 saturated carbocycles. The molecule has 1 aromatic rings. The fourth-order valence-electron chi connectivity index (χ4n) is 1.02. The first-order valence-electron chi connectivity index (χ1n) is 4.13. The van der Waals surface area contributed by atoms with Crippen molar-refractivity contribution in [3.63, 3.8) is 0 Å². The number of carbonyl (C=O) groups excluding carboxylic acids is 1. The first-order valence-corrected chi connectivity index (χ1v) is 4.13. The van der Waals surface area contributed by atoms with Crippen LogP contribution in [0.5, 0.6) is 5.75 Å². The second-order valence-corrected chi connectivity index (χ2v) is 2.49. The van der Waals surface area contributed by atoms with Crippen molar-refractivity contribution in [1.82, 2.24) is 0 Å². The molecule has 1 rings (SSSR count). The van der Waals surface area contributed by atoms with Crippen LogP contribution in [-0.4, -0.2) is 13.1 Å². The molecule has 1 aromatic carbocycles.